The Labute approximate surface area is 124 Å². The van der Waals surface area contributed by atoms with E-state index in [2.05, 4.69) is 5.32 Å². The molecule has 0 saturated heterocycles. The van der Waals surface area contributed by atoms with Crippen LogP contribution < -0.4 is 14.8 Å². The molecule has 1 aromatic rings. The molecule has 6 heteroatoms. The second-order valence-electron chi connectivity index (χ2n) is 5.02. The number of fused-ring (bicyclic) bond motifs is 1. The minimum atomic E-state index is -0.625. The van der Waals surface area contributed by atoms with Crippen LogP contribution in [0.3, 0.4) is 0 Å². The summed E-state index contributed by atoms with van der Waals surface area (Å²) >= 11 is 0. The summed E-state index contributed by atoms with van der Waals surface area (Å²) in [4.78, 5) is 0. The molecule has 0 saturated carbocycles. The van der Waals surface area contributed by atoms with Crippen molar-refractivity contribution in [3.63, 3.8) is 0 Å². The Morgan fingerprint density at radius 1 is 1.24 bits per heavy atom. The van der Waals surface area contributed by atoms with Crippen LogP contribution in [0.25, 0.3) is 0 Å². The normalized spacial score (nSPS) is 16.5. The number of hydrogen-bond acceptors (Lipinski definition) is 6. The Kier molecular flexibility index (Phi) is 6.25. The molecule has 3 N–H and O–H groups in total. The van der Waals surface area contributed by atoms with Crippen LogP contribution in [0.2, 0.25) is 0 Å². The highest BCUT2D eigenvalue weighted by molar-refractivity contribution is 5.44. The maximum absolute atomic E-state index is 10.1. The van der Waals surface area contributed by atoms with Gasteiger partial charge in [-0.15, -0.1) is 0 Å². The van der Waals surface area contributed by atoms with Crippen LogP contribution in [0.1, 0.15) is 18.1 Å². The molecule has 21 heavy (non-hydrogen) atoms. The van der Waals surface area contributed by atoms with Gasteiger partial charge in [-0.2, -0.15) is 0 Å². The number of nitrogens with one attached hydrogen (secondary N) is 1. The Bertz CT molecular complexity index is 440. The molecular formula is C15H23NO5. The van der Waals surface area contributed by atoms with Crippen LogP contribution >= 0.6 is 0 Å². The summed E-state index contributed by atoms with van der Waals surface area (Å²) in [5.41, 5.74) is 0.782. The summed E-state index contributed by atoms with van der Waals surface area (Å²) in [5.74, 6) is 1.39. The molecule has 1 aliphatic heterocycles. The van der Waals surface area contributed by atoms with Gasteiger partial charge in [0, 0.05) is 13.7 Å². The van der Waals surface area contributed by atoms with Gasteiger partial charge in [0.1, 0.15) is 13.2 Å². The van der Waals surface area contributed by atoms with E-state index in [9.17, 15) is 10.2 Å². The molecule has 1 aliphatic rings. The van der Waals surface area contributed by atoms with Crippen molar-refractivity contribution in [1.82, 2.24) is 5.32 Å². The third kappa shape index (κ3) is 4.86. The van der Waals surface area contributed by atoms with Gasteiger partial charge in [-0.3, -0.25) is 0 Å². The smallest absolute Gasteiger partial charge is 0.161 e. The van der Waals surface area contributed by atoms with Crippen molar-refractivity contribution in [3.05, 3.63) is 23.8 Å². The van der Waals surface area contributed by atoms with Crippen molar-refractivity contribution in [2.45, 2.75) is 18.6 Å². The second kappa shape index (κ2) is 8.19. The Morgan fingerprint density at radius 3 is 2.76 bits per heavy atom. The highest BCUT2D eigenvalue weighted by Gasteiger charge is 2.15. The summed E-state index contributed by atoms with van der Waals surface area (Å²) in [6.07, 6.45) is -0.517. The first kappa shape index (κ1) is 16.0. The number of benzene rings is 1. The highest BCUT2D eigenvalue weighted by Crippen LogP contribution is 2.32. The number of hydrogen-bond donors (Lipinski definition) is 3. The van der Waals surface area contributed by atoms with Crippen LogP contribution in [-0.4, -0.2) is 56.3 Å². The average Bonchev–Trinajstić information content (AvgIpc) is 2.51. The first-order valence-corrected chi connectivity index (χ1v) is 7.16. The van der Waals surface area contributed by atoms with Crippen LogP contribution in [0.4, 0.5) is 0 Å². The quantitative estimate of drug-likeness (QED) is 0.606. The van der Waals surface area contributed by atoms with E-state index in [-0.39, 0.29) is 0 Å². The lowest BCUT2D eigenvalue weighted by atomic mass is 10.1. The Hall–Kier alpha value is -1.34. The van der Waals surface area contributed by atoms with Crippen molar-refractivity contribution >= 4 is 0 Å². The van der Waals surface area contributed by atoms with E-state index < -0.39 is 12.2 Å². The molecule has 0 fully saturated rings. The van der Waals surface area contributed by atoms with Crippen LogP contribution in [-0.2, 0) is 4.74 Å². The SMILES string of the molecule is COCC(O)CCNCC(O)c1ccc2c(c1)OCCO2. The largest absolute Gasteiger partial charge is 0.486 e. The van der Waals surface area contributed by atoms with Crippen LogP contribution in [0, 0.1) is 0 Å². The molecule has 2 rings (SSSR count). The van der Waals surface area contributed by atoms with E-state index in [1.807, 2.05) is 12.1 Å². The maximum Gasteiger partial charge on any atom is 0.161 e. The van der Waals surface area contributed by atoms with Crippen molar-refractivity contribution in [2.24, 2.45) is 0 Å². The molecule has 0 aliphatic carbocycles. The number of rotatable bonds is 8. The van der Waals surface area contributed by atoms with E-state index in [4.69, 9.17) is 14.2 Å². The molecule has 2 unspecified atom stereocenters. The zero-order chi connectivity index (χ0) is 15.1. The minimum absolute atomic E-state index is 0.326. The van der Waals surface area contributed by atoms with E-state index >= 15 is 0 Å². The fourth-order valence-corrected chi connectivity index (χ4v) is 2.17. The van der Waals surface area contributed by atoms with Gasteiger partial charge >= 0.3 is 0 Å². The Morgan fingerprint density at radius 2 is 2.00 bits per heavy atom. The molecule has 0 aromatic heterocycles. The van der Waals surface area contributed by atoms with E-state index in [1.54, 1.807) is 13.2 Å². The van der Waals surface area contributed by atoms with Gasteiger partial charge < -0.3 is 29.7 Å². The highest BCUT2D eigenvalue weighted by atomic mass is 16.6. The predicted octanol–water partition coefficient (Wildman–Crippen LogP) is 0.478. The summed E-state index contributed by atoms with van der Waals surface area (Å²) < 4.78 is 15.8. The molecule has 0 amide bonds. The summed E-state index contributed by atoms with van der Waals surface area (Å²) in [7, 11) is 1.56. The van der Waals surface area contributed by atoms with E-state index in [0.717, 1.165) is 5.56 Å². The standard InChI is InChI=1S/C15H23NO5/c1-19-10-12(17)4-5-16-9-13(18)11-2-3-14-15(8-11)21-7-6-20-14/h2-3,8,12-13,16-18H,4-7,9-10H2,1H3. The van der Waals surface area contributed by atoms with Gasteiger partial charge in [-0.05, 0) is 30.7 Å². The van der Waals surface area contributed by atoms with Crippen LogP contribution in [0.15, 0.2) is 18.2 Å². The summed E-state index contributed by atoms with van der Waals surface area (Å²) in [6, 6.07) is 5.45. The molecule has 0 radical (unpaired) electrons. The number of methoxy groups -OCH3 is 1. The number of aliphatic hydroxyl groups is 2. The lowest BCUT2D eigenvalue weighted by Crippen LogP contribution is -2.27. The summed E-state index contributed by atoms with van der Waals surface area (Å²) in [5, 5.41) is 22.8. The number of aliphatic hydroxyl groups excluding tert-OH is 2. The molecule has 118 valence electrons. The zero-order valence-electron chi connectivity index (χ0n) is 12.2. The third-order valence-corrected chi connectivity index (χ3v) is 3.30. The second-order valence-corrected chi connectivity index (χ2v) is 5.02. The third-order valence-electron chi connectivity index (χ3n) is 3.30. The van der Waals surface area contributed by atoms with Gasteiger partial charge in [0.2, 0.25) is 0 Å². The fourth-order valence-electron chi connectivity index (χ4n) is 2.17. The van der Waals surface area contributed by atoms with Crippen molar-refractivity contribution < 1.29 is 24.4 Å². The lowest BCUT2D eigenvalue weighted by molar-refractivity contribution is 0.0586. The molecular weight excluding hydrogens is 274 g/mol. The molecule has 2 atom stereocenters. The van der Waals surface area contributed by atoms with Crippen molar-refractivity contribution in [1.29, 1.82) is 0 Å². The lowest BCUT2D eigenvalue weighted by Gasteiger charge is -2.20. The van der Waals surface area contributed by atoms with E-state index in [1.165, 1.54) is 0 Å². The molecule has 1 heterocycles. The van der Waals surface area contributed by atoms with Gasteiger partial charge in [0.05, 0.1) is 18.8 Å². The fraction of sp³-hybridized carbons (Fsp3) is 0.600. The van der Waals surface area contributed by atoms with Gasteiger partial charge in [-0.25, -0.2) is 0 Å². The predicted molar refractivity (Wildman–Crippen MR) is 77.8 cm³/mol. The van der Waals surface area contributed by atoms with Gasteiger partial charge in [0.15, 0.2) is 11.5 Å². The first-order valence-electron chi connectivity index (χ1n) is 7.16. The number of ether oxygens (including phenoxy) is 3. The molecule has 1 aromatic carbocycles. The van der Waals surface area contributed by atoms with Crippen LogP contribution in [0.5, 0.6) is 11.5 Å². The van der Waals surface area contributed by atoms with Gasteiger partial charge in [-0.1, -0.05) is 6.07 Å². The molecule has 0 spiro atoms. The van der Waals surface area contributed by atoms with Crippen molar-refractivity contribution in [3.8, 4) is 11.5 Å². The Balaban J connectivity index is 1.76. The maximum atomic E-state index is 10.1. The van der Waals surface area contributed by atoms with Gasteiger partial charge in [0.25, 0.3) is 0 Å². The summed E-state index contributed by atoms with van der Waals surface area (Å²) in [6.45, 7) is 2.44. The molecule has 0 bridgehead atoms. The first-order chi connectivity index (χ1) is 10.2. The topological polar surface area (TPSA) is 80.2 Å². The molecule has 6 nitrogen and oxygen atoms in total. The average molecular weight is 297 g/mol. The van der Waals surface area contributed by atoms with E-state index in [0.29, 0.717) is 50.8 Å². The monoisotopic (exact) mass is 297 g/mol. The minimum Gasteiger partial charge on any atom is -0.486 e. The zero-order valence-corrected chi connectivity index (χ0v) is 12.2. The van der Waals surface area contributed by atoms with Crippen molar-refractivity contribution in [2.75, 3.05) is 40.0 Å².